The third-order valence-corrected chi connectivity index (χ3v) is 3.40. The van der Waals surface area contributed by atoms with Crippen molar-refractivity contribution in [2.45, 2.75) is 12.6 Å². The fraction of sp³-hybridized carbons (Fsp3) is 0.400. The van der Waals surface area contributed by atoms with Gasteiger partial charge >= 0.3 is 0 Å². The van der Waals surface area contributed by atoms with Crippen molar-refractivity contribution in [2.75, 3.05) is 26.4 Å². The number of pyridine rings is 1. The average molecular weight is 274 g/mol. The van der Waals surface area contributed by atoms with Crippen LogP contribution in [0.1, 0.15) is 5.56 Å². The molecule has 2 aromatic rings. The second kappa shape index (κ2) is 6.17. The highest BCUT2D eigenvalue weighted by Crippen LogP contribution is 2.10. The number of nitrogens with one attached hydrogen (secondary N) is 2. The molecule has 0 aliphatic carbocycles. The van der Waals surface area contributed by atoms with E-state index >= 15 is 0 Å². The van der Waals surface area contributed by atoms with E-state index in [2.05, 4.69) is 10.3 Å². The Hall–Kier alpha value is -1.69. The lowest BCUT2D eigenvalue weighted by molar-refractivity contribution is -0.0864. The Morgan fingerprint density at radius 3 is 3.05 bits per heavy atom. The molecular weight excluding hydrogens is 256 g/mol. The topological polar surface area (TPSA) is 63.4 Å². The Balaban J connectivity index is 1.64. The lowest BCUT2D eigenvalue weighted by Gasteiger charge is -2.23. The van der Waals surface area contributed by atoms with Crippen LogP contribution in [-0.2, 0) is 16.0 Å². The summed E-state index contributed by atoms with van der Waals surface area (Å²) < 4.78 is 10.9. The molecule has 2 heterocycles. The number of aromatic nitrogens is 1. The molecule has 0 amide bonds. The number of ether oxygens (including phenoxy) is 2. The predicted octanol–water partition coefficient (Wildman–Crippen LogP) is 1.03. The minimum absolute atomic E-state index is 0.0444. The first-order valence-electron chi connectivity index (χ1n) is 6.84. The lowest BCUT2D eigenvalue weighted by Crippen LogP contribution is -2.37. The fourth-order valence-electron chi connectivity index (χ4n) is 2.35. The van der Waals surface area contributed by atoms with Crippen molar-refractivity contribution in [1.82, 2.24) is 10.3 Å². The molecule has 0 spiro atoms. The van der Waals surface area contributed by atoms with E-state index in [9.17, 15) is 4.79 Å². The molecule has 2 N–H and O–H groups in total. The average Bonchev–Trinajstić information content (AvgIpc) is 2.49. The number of fused-ring (bicyclic) bond motifs is 1. The molecule has 1 atom stereocenters. The molecule has 1 unspecified atom stereocenters. The van der Waals surface area contributed by atoms with E-state index in [4.69, 9.17) is 9.47 Å². The van der Waals surface area contributed by atoms with Crippen LogP contribution in [0.3, 0.4) is 0 Å². The van der Waals surface area contributed by atoms with Crippen molar-refractivity contribution in [2.24, 2.45) is 0 Å². The van der Waals surface area contributed by atoms with E-state index in [1.54, 1.807) is 0 Å². The van der Waals surface area contributed by atoms with E-state index in [0.717, 1.165) is 16.5 Å². The predicted molar refractivity (Wildman–Crippen MR) is 76.8 cm³/mol. The molecular formula is C15H18N2O3. The molecule has 1 fully saturated rings. The Bertz CT molecular complexity index is 632. The molecule has 1 saturated heterocycles. The van der Waals surface area contributed by atoms with E-state index in [1.807, 2.05) is 30.3 Å². The van der Waals surface area contributed by atoms with Gasteiger partial charge in [-0.2, -0.15) is 0 Å². The Kier molecular flexibility index (Phi) is 4.11. The first-order valence-corrected chi connectivity index (χ1v) is 6.84. The zero-order chi connectivity index (χ0) is 13.8. The zero-order valence-corrected chi connectivity index (χ0v) is 11.2. The molecule has 1 aromatic carbocycles. The summed E-state index contributed by atoms with van der Waals surface area (Å²) in [5.41, 5.74) is 1.56. The minimum Gasteiger partial charge on any atom is -0.376 e. The number of para-hydroxylation sites is 1. The molecule has 106 valence electrons. The van der Waals surface area contributed by atoms with Gasteiger partial charge in [0.25, 0.3) is 5.56 Å². The molecule has 0 saturated carbocycles. The summed E-state index contributed by atoms with van der Waals surface area (Å²) in [7, 11) is 0. The number of hydrogen-bond acceptors (Lipinski definition) is 4. The summed E-state index contributed by atoms with van der Waals surface area (Å²) in [4.78, 5) is 14.9. The standard InChI is InChI=1S/C15H18N2O3/c18-15-12(7-11-3-1-2-4-14(11)17-15)8-16-9-13-10-19-5-6-20-13/h1-4,7,13,16H,5-6,8-10H2,(H,17,18). The summed E-state index contributed by atoms with van der Waals surface area (Å²) in [5.74, 6) is 0. The summed E-state index contributed by atoms with van der Waals surface area (Å²) in [6.07, 6.45) is 0.0725. The summed E-state index contributed by atoms with van der Waals surface area (Å²) in [6.45, 7) is 3.14. The van der Waals surface area contributed by atoms with Gasteiger partial charge in [0, 0.05) is 24.2 Å². The van der Waals surface area contributed by atoms with Gasteiger partial charge in [0.15, 0.2) is 0 Å². The molecule has 1 aliphatic rings. The highest BCUT2D eigenvalue weighted by Gasteiger charge is 2.13. The molecule has 5 heteroatoms. The Labute approximate surface area is 116 Å². The van der Waals surface area contributed by atoms with Crippen molar-refractivity contribution >= 4 is 10.9 Å². The number of benzene rings is 1. The van der Waals surface area contributed by atoms with E-state index in [-0.39, 0.29) is 11.7 Å². The zero-order valence-electron chi connectivity index (χ0n) is 11.2. The third kappa shape index (κ3) is 3.07. The van der Waals surface area contributed by atoms with Crippen molar-refractivity contribution in [3.8, 4) is 0 Å². The molecule has 0 radical (unpaired) electrons. The molecule has 0 bridgehead atoms. The van der Waals surface area contributed by atoms with Gasteiger partial charge in [-0.3, -0.25) is 4.79 Å². The molecule has 1 aliphatic heterocycles. The van der Waals surface area contributed by atoms with Gasteiger partial charge in [-0.1, -0.05) is 18.2 Å². The highest BCUT2D eigenvalue weighted by molar-refractivity contribution is 5.78. The molecule has 1 aromatic heterocycles. The molecule has 5 nitrogen and oxygen atoms in total. The number of rotatable bonds is 4. The van der Waals surface area contributed by atoms with Crippen LogP contribution in [0.5, 0.6) is 0 Å². The van der Waals surface area contributed by atoms with Gasteiger partial charge in [-0.05, 0) is 17.5 Å². The molecule has 3 rings (SSSR count). The monoisotopic (exact) mass is 274 g/mol. The Morgan fingerprint density at radius 1 is 1.30 bits per heavy atom. The second-order valence-electron chi connectivity index (χ2n) is 4.91. The number of aromatic amines is 1. The maximum atomic E-state index is 12.0. The van der Waals surface area contributed by atoms with Gasteiger partial charge in [-0.15, -0.1) is 0 Å². The number of hydrogen-bond donors (Lipinski definition) is 2. The van der Waals surface area contributed by atoms with Gasteiger partial charge in [0.1, 0.15) is 0 Å². The van der Waals surface area contributed by atoms with Gasteiger partial charge in [0.05, 0.1) is 25.9 Å². The maximum absolute atomic E-state index is 12.0. The SMILES string of the molecule is O=c1[nH]c2ccccc2cc1CNCC1COCCO1. The largest absolute Gasteiger partial charge is 0.376 e. The van der Waals surface area contributed by atoms with Crippen molar-refractivity contribution in [1.29, 1.82) is 0 Å². The van der Waals surface area contributed by atoms with Gasteiger partial charge in [-0.25, -0.2) is 0 Å². The summed E-state index contributed by atoms with van der Waals surface area (Å²) in [5, 5.41) is 4.29. The van der Waals surface area contributed by atoms with Crippen LogP contribution in [0.25, 0.3) is 10.9 Å². The summed E-state index contributed by atoms with van der Waals surface area (Å²) in [6, 6.07) is 9.70. The Morgan fingerprint density at radius 2 is 2.20 bits per heavy atom. The van der Waals surface area contributed by atoms with Gasteiger partial charge in [0.2, 0.25) is 0 Å². The first-order chi connectivity index (χ1) is 9.83. The van der Waals surface area contributed by atoms with Crippen LogP contribution in [0.15, 0.2) is 35.1 Å². The van der Waals surface area contributed by atoms with Crippen molar-refractivity contribution < 1.29 is 9.47 Å². The third-order valence-electron chi connectivity index (χ3n) is 3.40. The fourth-order valence-corrected chi connectivity index (χ4v) is 2.35. The van der Waals surface area contributed by atoms with E-state index in [0.29, 0.717) is 32.9 Å². The highest BCUT2D eigenvalue weighted by atomic mass is 16.6. The summed E-state index contributed by atoms with van der Waals surface area (Å²) >= 11 is 0. The van der Waals surface area contributed by atoms with Crippen molar-refractivity contribution in [3.05, 3.63) is 46.2 Å². The van der Waals surface area contributed by atoms with Crippen molar-refractivity contribution in [3.63, 3.8) is 0 Å². The van der Waals surface area contributed by atoms with E-state index < -0.39 is 0 Å². The maximum Gasteiger partial charge on any atom is 0.252 e. The van der Waals surface area contributed by atoms with Gasteiger partial charge < -0.3 is 19.8 Å². The van der Waals surface area contributed by atoms with Crippen LogP contribution in [-0.4, -0.2) is 37.5 Å². The minimum atomic E-state index is -0.0444. The number of H-pyrrole nitrogens is 1. The quantitative estimate of drug-likeness (QED) is 0.874. The lowest BCUT2D eigenvalue weighted by atomic mass is 10.1. The van der Waals surface area contributed by atoms with Crippen LogP contribution < -0.4 is 10.9 Å². The van der Waals surface area contributed by atoms with Crippen LogP contribution in [0.2, 0.25) is 0 Å². The van der Waals surface area contributed by atoms with Crippen LogP contribution in [0.4, 0.5) is 0 Å². The second-order valence-corrected chi connectivity index (χ2v) is 4.91. The van der Waals surface area contributed by atoms with Crippen LogP contribution in [0, 0.1) is 0 Å². The smallest absolute Gasteiger partial charge is 0.252 e. The van der Waals surface area contributed by atoms with E-state index in [1.165, 1.54) is 0 Å². The molecule has 20 heavy (non-hydrogen) atoms. The normalized spacial score (nSPS) is 19.3. The first kappa shape index (κ1) is 13.3. The van der Waals surface area contributed by atoms with Crippen LogP contribution >= 0.6 is 0 Å².